The molecule has 0 aliphatic heterocycles. The average molecular weight is 219 g/mol. The van der Waals surface area contributed by atoms with Crippen LogP contribution < -0.4 is 0 Å². The molecule has 1 heterocycles. The van der Waals surface area contributed by atoms with Crippen molar-refractivity contribution in [3.63, 3.8) is 0 Å². The molecule has 1 aromatic heterocycles. The van der Waals surface area contributed by atoms with Gasteiger partial charge in [0, 0.05) is 29.1 Å². The van der Waals surface area contributed by atoms with E-state index in [4.69, 9.17) is 0 Å². The van der Waals surface area contributed by atoms with Gasteiger partial charge in [-0.3, -0.25) is 4.79 Å². The van der Waals surface area contributed by atoms with E-state index in [1.165, 1.54) is 6.07 Å². The van der Waals surface area contributed by atoms with Crippen molar-refractivity contribution in [2.24, 2.45) is 5.92 Å². The predicted molar refractivity (Wildman–Crippen MR) is 62.0 cm³/mol. The van der Waals surface area contributed by atoms with E-state index in [0.29, 0.717) is 22.9 Å². The van der Waals surface area contributed by atoms with Crippen LogP contribution in [0.4, 0.5) is 4.39 Å². The van der Waals surface area contributed by atoms with Gasteiger partial charge in [0.1, 0.15) is 5.82 Å². The fourth-order valence-electron chi connectivity index (χ4n) is 1.84. The average Bonchev–Trinajstić information content (AvgIpc) is 2.61. The Morgan fingerprint density at radius 1 is 1.44 bits per heavy atom. The van der Waals surface area contributed by atoms with Gasteiger partial charge in [0.15, 0.2) is 5.78 Å². The smallest absolute Gasteiger partial charge is 0.165 e. The molecule has 0 radical (unpaired) electrons. The van der Waals surface area contributed by atoms with Gasteiger partial charge in [-0.05, 0) is 18.1 Å². The number of ketones is 1. The van der Waals surface area contributed by atoms with Crippen molar-refractivity contribution < 1.29 is 9.18 Å². The molecule has 0 aliphatic carbocycles. The number of carbonyl (C=O) groups excluding carboxylic acids is 1. The van der Waals surface area contributed by atoms with Crippen LogP contribution in [-0.2, 0) is 0 Å². The number of aromatic nitrogens is 1. The van der Waals surface area contributed by atoms with Gasteiger partial charge in [0.05, 0.1) is 0 Å². The summed E-state index contributed by atoms with van der Waals surface area (Å²) in [6.07, 6.45) is 2.04. The lowest BCUT2D eigenvalue weighted by Gasteiger charge is -2.02. The lowest BCUT2D eigenvalue weighted by Crippen LogP contribution is -2.03. The van der Waals surface area contributed by atoms with Crippen LogP contribution in [0.25, 0.3) is 10.9 Å². The minimum atomic E-state index is -0.342. The second-order valence-electron chi connectivity index (χ2n) is 4.39. The van der Waals surface area contributed by atoms with Crippen LogP contribution in [0.3, 0.4) is 0 Å². The van der Waals surface area contributed by atoms with Crippen molar-refractivity contribution >= 4 is 16.7 Å². The number of halogens is 1. The van der Waals surface area contributed by atoms with Gasteiger partial charge in [0.2, 0.25) is 0 Å². The Bertz CT molecular complexity index is 528. The van der Waals surface area contributed by atoms with E-state index in [-0.39, 0.29) is 17.5 Å². The summed E-state index contributed by atoms with van der Waals surface area (Å²) >= 11 is 0. The zero-order valence-electron chi connectivity index (χ0n) is 9.38. The number of hydrogen-bond donors (Lipinski definition) is 1. The summed E-state index contributed by atoms with van der Waals surface area (Å²) < 4.78 is 13.6. The number of nitrogens with one attached hydrogen (secondary N) is 1. The van der Waals surface area contributed by atoms with E-state index < -0.39 is 0 Å². The van der Waals surface area contributed by atoms with Crippen molar-refractivity contribution in [2.75, 3.05) is 0 Å². The first-order chi connectivity index (χ1) is 7.59. The first kappa shape index (κ1) is 10.9. The third kappa shape index (κ3) is 1.85. The fraction of sp³-hybridized carbons (Fsp3) is 0.308. The van der Waals surface area contributed by atoms with Crippen LogP contribution in [0, 0.1) is 11.7 Å². The minimum Gasteiger partial charge on any atom is -0.360 e. The number of Topliss-reactive ketones (excluding diaryl/α,β-unsaturated/α-hetero) is 1. The molecule has 0 fully saturated rings. The molecule has 2 rings (SSSR count). The predicted octanol–water partition coefficient (Wildman–Crippen LogP) is 3.54. The second kappa shape index (κ2) is 4.08. The van der Waals surface area contributed by atoms with Crippen LogP contribution in [0.1, 0.15) is 30.6 Å². The van der Waals surface area contributed by atoms with Crippen LogP contribution >= 0.6 is 0 Å². The highest BCUT2D eigenvalue weighted by Gasteiger charge is 2.15. The molecule has 0 aliphatic rings. The van der Waals surface area contributed by atoms with E-state index in [9.17, 15) is 9.18 Å². The monoisotopic (exact) mass is 219 g/mol. The van der Waals surface area contributed by atoms with E-state index in [1.54, 1.807) is 18.3 Å². The zero-order valence-corrected chi connectivity index (χ0v) is 9.38. The maximum Gasteiger partial charge on any atom is 0.165 e. The Morgan fingerprint density at radius 3 is 2.88 bits per heavy atom. The topological polar surface area (TPSA) is 32.9 Å². The normalized spacial score (nSPS) is 11.2. The molecule has 1 N–H and O–H groups in total. The van der Waals surface area contributed by atoms with E-state index >= 15 is 0 Å². The van der Waals surface area contributed by atoms with E-state index in [2.05, 4.69) is 4.98 Å². The molecule has 2 aromatic rings. The maximum atomic E-state index is 13.6. The summed E-state index contributed by atoms with van der Waals surface area (Å²) in [5, 5.41) is 0.410. The van der Waals surface area contributed by atoms with E-state index in [1.807, 2.05) is 13.8 Å². The van der Waals surface area contributed by atoms with Crippen LogP contribution in [0.15, 0.2) is 24.4 Å². The summed E-state index contributed by atoms with van der Waals surface area (Å²) in [7, 11) is 0. The highest BCUT2D eigenvalue weighted by Crippen LogP contribution is 2.23. The summed E-state index contributed by atoms with van der Waals surface area (Å²) in [4.78, 5) is 14.8. The number of H-pyrrole nitrogens is 1. The minimum absolute atomic E-state index is 0.00801. The van der Waals surface area contributed by atoms with Gasteiger partial charge in [-0.25, -0.2) is 4.39 Å². The molecule has 0 atom stereocenters. The molecule has 16 heavy (non-hydrogen) atoms. The molecule has 84 valence electrons. The second-order valence-corrected chi connectivity index (χ2v) is 4.39. The maximum absolute atomic E-state index is 13.6. The third-order valence-electron chi connectivity index (χ3n) is 2.55. The fourth-order valence-corrected chi connectivity index (χ4v) is 1.84. The molecule has 0 unspecified atom stereocenters. The van der Waals surface area contributed by atoms with Gasteiger partial charge in [-0.15, -0.1) is 0 Å². The highest BCUT2D eigenvalue weighted by molar-refractivity contribution is 6.08. The number of benzene rings is 1. The molecular weight excluding hydrogens is 205 g/mol. The number of rotatable bonds is 3. The quantitative estimate of drug-likeness (QED) is 0.787. The SMILES string of the molecule is CC(C)CC(=O)c1c[nH]c2cccc(F)c12. The van der Waals surface area contributed by atoms with Gasteiger partial charge in [0.25, 0.3) is 0 Å². The van der Waals surface area contributed by atoms with Crippen molar-refractivity contribution in [1.29, 1.82) is 0 Å². The zero-order chi connectivity index (χ0) is 11.7. The molecule has 0 saturated carbocycles. The van der Waals surface area contributed by atoms with Crippen molar-refractivity contribution in [1.82, 2.24) is 4.98 Å². The summed E-state index contributed by atoms with van der Waals surface area (Å²) in [6, 6.07) is 4.78. The van der Waals surface area contributed by atoms with Crippen molar-refractivity contribution in [2.45, 2.75) is 20.3 Å². The molecular formula is C13H14FNO. The summed E-state index contributed by atoms with van der Waals surface area (Å²) in [5.41, 5.74) is 1.13. The molecule has 0 amide bonds. The molecule has 3 heteroatoms. The lowest BCUT2D eigenvalue weighted by molar-refractivity contribution is 0.0969. The highest BCUT2D eigenvalue weighted by atomic mass is 19.1. The van der Waals surface area contributed by atoms with Gasteiger partial charge >= 0.3 is 0 Å². The molecule has 0 bridgehead atoms. The number of carbonyl (C=O) groups is 1. The Hall–Kier alpha value is -1.64. The van der Waals surface area contributed by atoms with Crippen molar-refractivity contribution in [3.05, 3.63) is 35.8 Å². The lowest BCUT2D eigenvalue weighted by atomic mass is 10.0. The number of fused-ring (bicyclic) bond motifs is 1. The van der Waals surface area contributed by atoms with Crippen LogP contribution in [0.5, 0.6) is 0 Å². The Kier molecular flexibility index (Phi) is 2.77. The Balaban J connectivity index is 2.49. The standard InChI is InChI=1S/C13H14FNO/c1-8(2)6-12(16)9-7-15-11-5-3-4-10(14)13(9)11/h3-5,7-8,15H,6H2,1-2H3. The molecule has 1 aromatic carbocycles. The van der Waals surface area contributed by atoms with Gasteiger partial charge in [-0.1, -0.05) is 19.9 Å². The summed E-state index contributed by atoms with van der Waals surface area (Å²) in [5.74, 6) is -0.0681. The first-order valence-corrected chi connectivity index (χ1v) is 5.38. The van der Waals surface area contributed by atoms with Crippen LogP contribution in [0.2, 0.25) is 0 Å². The third-order valence-corrected chi connectivity index (χ3v) is 2.55. The van der Waals surface area contributed by atoms with E-state index in [0.717, 1.165) is 0 Å². The molecule has 0 saturated heterocycles. The largest absolute Gasteiger partial charge is 0.360 e. The number of aromatic amines is 1. The van der Waals surface area contributed by atoms with Gasteiger partial charge in [-0.2, -0.15) is 0 Å². The Labute approximate surface area is 93.5 Å². The Morgan fingerprint density at radius 2 is 2.19 bits per heavy atom. The van der Waals surface area contributed by atoms with Crippen LogP contribution in [-0.4, -0.2) is 10.8 Å². The number of hydrogen-bond acceptors (Lipinski definition) is 1. The molecule has 2 nitrogen and oxygen atoms in total. The summed E-state index contributed by atoms with van der Waals surface area (Å²) in [6.45, 7) is 3.95. The van der Waals surface area contributed by atoms with Crippen molar-refractivity contribution in [3.8, 4) is 0 Å². The first-order valence-electron chi connectivity index (χ1n) is 5.38. The van der Waals surface area contributed by atoms with Gasteiger partial charge < -0.3 is 4.98 Å². The molecule has 0 spiro atoms.